The van der Waals surface area contributed by atoms with Crippen molar-refractivity contribution in [1.29, 1.82) is 0 Å². The van der Waals surface area contributed by atoms with Crippen molar-refractivity contribution >= 4 is 12.2 Å². The summed E-state index contributed by atoms with van der Waals surface area (Å²) in [6.07, 6.45) is 9.35. The monoisotopic (exact) mass is 179 g/mol. The summed E-state index contributed by atoms with van der Waals surface area (Å²) in [5.41, 5.74) is 1.35. The highest BCUT2D eigenvalue weighted by Gasteiger charge is 2.17. The molecular weight excluding hydrogens is 166 g/mol. The lowest BCUT2D eigenvalue weighted by atomic mass is 10.00. The van der Waals surface area contributed by atoms with Gasteiger partial charge in [-0.2, -0.15) is 0 Å². The average molecular weight is 179 g/mol. The second kappa shape index (κ2) is 3.40. The Morgan fingerprint density at radius 2 is 2.08 bits per heavy atom. The number of hydrogen-bond acceptors (Lipinski definition) is 1. The van der Waals surface area contributed by atoms with Crippen LogP contribution < -0.4 is 0 Å². The van der Waals surface area contributed by atoms with Crippen LogP contribution in [0.15, 0.2) is 18.5 Å². The highest BCUT2D eigenvalue weighted by molar-refractivity contribution is 7.71. The molecule has 1 nitrogen and oxygen atoms in total. The van der Waals surface area contributed by atoms with Crippen molar-refractivity contribution in [3.05, 3.63) is 28.5 Å². The van der Waals surface area contributed by atoms with E-state index in [-0.39, 0.29) is 0 Å². The molecular formula is C10H13NS. The number of aromatic nitrogens is 1. The van der Waals surface area contributed by atoms with Gasteiger partial charge in [-0.05, 0) is 30.4 Å². The lowest BCUT2D eigenvalue weighted by Gasteiger charge is -2.07. The molecule has 1 aromatic rings. The average Bonchev–Trinajstić information content (AvgIpc) is 2.57. The zero-order valence-corrected chi connectivity index (χ0v) is 7.86. The van der Waals surface area contributed by atoms with Crippen LogP contribution in [-0.2, 0) is 0 Å². The maximum atomic E-state index is 5.27. The molecule has 1 saturated carbocycles. The molecule has 0 radical (unpaired) electrons. The molecule has 1 aromatic heterocycles. The van der Waals surface area contributed by atoms with Gasteiger partial charge in [-0.25, -0.2) is 0 Å². The fourth-order valence-corrected chi connectivity index (χ4v) is 2.28. The van der Waals surface area contributed by atoms with E-state index in [1.807, 2.05) is 12.3 Å². The summed E-state index contributed by atoms with van der Waals surface area (Å²) >= 11 is 5.27. The van der Waals surface area contributed by atoms with E-state index in [0.717, 1.165) is 10.4 Å². The zero-order valence-electron chi connectivity index (χ0n) is 7.05. The van der Waals surface area contributed by atoms with Crippen LogP contribution in [0, 0.1) is 4.51 Å². The van der Waals surface area contributed by atoms with Crippen LogP contribution in [0.5, 0.6) is 0 Å². The van der Waals surface area contributed by atoms with E-state index in [0.29, 0.717) is 0 Å². The number of rotatable bonds is 1. The number of H-pyrrole nitrogens is 1. The Kier molecular flexibility index (Phi) is 2.26. The van der Waals surface area contributed by atoms with E-state index in [4.69, 9.17) is 12.2 Å². The molecule has 2 heteroatoms. The third-order valence-electron chi connectivity index (χ3n) is 2.65. The van der Waals surface area contributed by atoms with Crippen molar-refractivity contribution in [1.82, 2.24) is 4.98 Å². The van der Waals surface area contributed by atoms with Crippen LogP contribution in [0.1, 0.15) is 37.2 Å². The molecule has 12 heavy (non-hydrogen) atoms. The van der Waals surface area contributed by atoms with Crippen molar-refractivity contribution in [2.45, 2.75) is 31.6 Å². The van der Waals surface area contributed by atoms with Crippen LogP contribution in [0.2, 0.25) is 0 Å². The summed E-state index contributed by atoms with van der Waals surface area (Å²) in [5.74, 6) is 0.731. The molecule has 1 aliphatic rings. The standard InChI is InChI=1S/C10H13NS/c12-10-5-6-11-7-9(10)8-3-1-2-4-8/h5-8H,1-4H2,(H,11,12). The molecule has 0 aliphatic heterocycles. The van der Waals surface area contributed by atoms with E-state index >= 15 is 0 Å². The Morgan fingerprint density at radius 3 is 2.75 bits per heavy atom. The van der Waals surface area contributed by atoms with Crippen LogP contribution in [0.4, 0.5) is 0 Å². The minimum absolute atomic E-state index is 0.731. The highest BCUT2D eigenvalue weighted by atomic mass is 32.1. The summed E-state index contributed by atoms with van der Waals surface area (Å²) < 4.78 is 1.03. The Labute approximate surface area is 77.8 Å². The molecule has 1 N–H and O–H groups in total. The van der Waals surface area contributed by atoms with Gasteiger partial charge < -0.3 is 4.98 Å². The lowest BCUT2D eigenvalue weighted by molar-refractivity contribution is 0.717. The number of aromatic amines is 1. The van der Waals surface area contributed by atoms with Gasteiger partial charge >= 0.3 is 0 Å². The van der Waals surface area contributed by atoms with E-state index in [1.54, 1.807) is 0 Å². The van der Waals surface area contributed by atoms with Gasteiger partial charge in [0.05, 0.1) is 0 Å². The van der Waals surface area contributed by atoms with E-state index in [9.17, 15) is 0 Å². The minimum Gasteiger partial charge on any atom is -0.367 e. The second-order valence-corrected chi connectivity index (χ2v) is 3.89. The van der Waals surface area contributed by atoms with Crippen LogP contribution in [0.25, 0.3) is 0 Å². The van der Waals surface area contributed by atoms with Crippen molar-refractivity contribution in [2.24, 2.45) is 0 Å². The fraction of sp³-hybridized carbons (Fsp3) is 0.500. The minimum atomic E-state index is 0.731. The lowest BCUT2D eigenvalue weighted by Crippen LogP contribution is -1.93. The highest BCUT2D eigenvalue weighted by Crippen LogP contribution is 2.33. The molecule has 0 unspecified atom stereocenters. The quantitative estimate of drug-likeness (QED) is 0.653. The second-order valence-electron chi connectivity index (χ2n) is 3.45. The molecule has 0 bridgehead atoms. The predicted octanol–water partition coefficient (Wildman–Crippen LogP) is 3.40. The van der Waals surface area contributed by atoms with Crippen molar-refractivity contribution in [3.8, 4) is 0 Å². The van der Waals surface area contributed by atoms with Gasteiger partial charge in [-0.3, -0.25) is 0 Å². The topological polar surface area (TPSA) is 15.8 Å². The Balaban J connectivity index is 2.32. The predicted molar refractivity (Wildman–Crippen MR) is 52.8 cm³/mol. The maximum Gasteiger partial charge on any atom is 0.0440 e. The first-order valence-corrected chi connectivity index (χ1v) is 4.96. The molecule has 0 saturated heterocycles. The Morgan fingerprint density at radius 1 is 1.33 bits per heavy atom. The molecule has 64 valence electrons. The van der Waals surface area contributed by atoms with E-state index in [1.165, 1.54) is 31.2 Å². The number of hydrogen-bond donors (Lipinski definition) is 1. The van der Waals surface area contributed by atoms with Gasteiger partial charge in [-0.1, -0.05) is 25.1 Å². The third-order valence-corrected chi connectivity index (χ3v) is 3.02. The summed E-state index contributed by atoms with van der Waals surface area (Å²) in [5, 5.41) is 0. The first-order chi connectivity index (χ1) is 5.88. The molecule has 2 rings (SSSR count). The molecule has 0 amide bonds. The van der Waals surface area contributed by atoms with Crippen molar-refractivity contribution in [3.63, 3.8) is 0 Å². The van der Waals surface area contributed by atoms with E-state index in [2.05, 4.69) is 11.2 Å². The van der Waals surface area contributed by atoms with Crippen LogP contribution >= 0.6 is 12.2 Å². The van der Waals surface area contributed by atoms with Gasteiger partial charge in [-0.15, -0.1) is 0 Å². The van der Waals surface area contributed by atoms with Crippen LogP contribution in [0.3, 0.4) is 0 Å². The van der Waals surface area contributed by atoms with E-state index < -0.39 is 0 Å². The summed E-state index contributed by atoms with van der Waals surface area (Å²) in [7, 11) is 0. The zero-order chi connectivity index (χ0) is 8.39. The maximum absolute atomic E-state index is 5.27. The summed E-state index contributed by atoms with van der Waals surface area (Å²) in [6, 6.07) is 1.99. The number of pyridine rings is 1. The Hall–Kier alpha value is -0.630. The van der Waals surface area contributed by atoms with Crippen molar-refractivity contribution in [2.75, 3.05) is 0 Å². The molecule has 0 atom stereocenters. The van der Waals surface area contributed by atoms with Gasteiger partial charge in [0.2, 0.25) is 0 Å². The van der Waals surface area contributed by atoms with Gasteiger partial charge in [0, 0.05) is 16.9 Å². The summed E-state index contributed by atoms with van der Waals surface area (Å²) in [4.78, 5) is 3.11. The molecule has 1 fully saturated rings. The SMILES string of the molecule is S=c1cc[nH]cc1C1CCCC1. The van der Waals surface area contributed by atoms with Crippen molar-refractivity contribution < 1.29 is 0 Å². The van der Waals surface area contributed by atoms with Gasteiger partial charge in [0.15, 0.2) is 0 Å². The van der Waals surface area contributed by atoms with Gasteiger partial charge in [0.25, 0.3) is 0 Å². The largest absolute Gasteiger partial charge is 0.367 e. The molecule has 1 aliphatic carbocycles. The first kappa shape index (κ1) is 7.99. The fourth-order valence-electron chi connectivity index (χ4n) is 1.98. The molecule has 0 aromatic carbocycles. The molecule has 1 heterocycles. The normalized spacial score (nSPS) is 18.3. The number of nitrogens with one attached hydrogen (secondary N) is 1. The smallest absolute Gasteiger partial charge is 0.0440 e. The van der Waals surface area contributed by atoms with Crippen LogP contribution in [-0.4, -0.2) is 4.98 Å². The Bertz CT molecular complexity index is 310. The first-order valence-electron chi connectivity index (χ1n) is 4.55. The van der Waals surface area contributed by atoms with Gasteiger partial charge in [0.1, 0.15) is 0 Å². The third kappa shape index (κ3) is 1.44. The summed E-state index contributed by atoms with van der Waals surface area (Å²) in [6.45, 7) is 0. The molecule has 0 spiro atoms.